The van der Waals surface area contributed by atoms with Gasteiger partial charge in [0.25, 0.3) is 0 Å². The van der Waals surface area contributed by atoms with Crippen molar-refractivity contribution < 1.29 is 0 Å². The van der Waals surface area contributed by atoms with E-state index in [2.05, 4.69) is 230 Å². The Morgan fingerprint density at radius 2 is 0.566 bits per heavy atom. The van der Waals surface area contributed by atoms with Gasteiger partial charge in [0.15, 0.2) is 0 Å². The van der Waals surface area contributed by atoms with E-state index in [9.17, 15) is 0 Å². The third-order valence-electron chi connectivity index (χ3n) is 10.7. The molecule has 0 unspecified atom stereocenters. The molecule has 0 bridgehead atoms. The molecule has 1 aliphatic rings. The molecule has 2 nitrogen and oxygen atoms in total. The lowest BCUT2D eigenvalue weighted by molar-refractivity contribution is 0.660. The smallest absolute Gasteiger partial charge is 0.0465 e. The van der Waals surface area contributed by atoms with Gasteiger partial charge in [0.05, 0.1) is 0 Å². The van der Waals surface area contributed by atoms with Crippen molar-refractivity contribution >= 4 is 34.1 Å². The van der Waals surface area contributed by atoms with Crippen LogP contribution in [0.15, 0.2) is 206 Å². The van der Waals surface area contributed by atoms with E-state index in [1.807, 2.05) is 0 Å². The van der Waals surface area contributed by atoms with Gasteiger partial charge >= 0.3 is 0 Å². The van der Waals surface area contributed by atoms with Gasteiger partial charge in [-0.3, -0.25) is 0 Å². The Kier molecular flexibility index (Phi) is 8.21. The van der Waals surface area contributed by atoms with Crippen LogP contribution in [0.3, 0.4) is 0 Å². The van der Waals surface area contributed by atoms with E-state index in [1.165, 1.54) is 44.5 Å². The fourth-order valence-corrected chi connectivity index (χ4v) is 7.91. The number of nitrogens with zero attached hydrogens (tertiary/aromatic N) is 2. The molecular weight excluding hydrogens is 641 g/mol. The predicted octanol–water partition coefficient (Wildman–Crippen LogP) is 14.3. The van der Waals surface area contributed by atoms with Crippen LogP contribution in [-0.2, 0) is 5.41 Å². The molecule has 1 aliphatic carbocycles. The fraction of sp³-hybridized carbons (Fsp3) is 0.0588. The van der Waals surface area contributed by atoms with Crippen molar-refractivity contribution in [2.75, 3.05) is 9.80 Å². The topological polar surface area (TPSA) is 6.48 Å². The summed E-state index contributed by atoms with van der Waals surface area (Å²) in [7, 11) is 0. The summed E-state index contributed by atoms with van der Waals surface area (Å²) in [6.45, 7) is 4.73. The highest BCUT2D eigenvalue weighted by Gasteiger charge is 2.37. The maximum absolute atomic E-state index is 2.41. The van der Waals surface area contributed by atoms with Gasteiger partial charge in [0.1, 0.15) is 0 Å². The molecule has 0 amide bonds. The summed E-state index contributed by atoms with van der Waals surface area (Å²) in [6, 6.07) is 74.4. The van der Waals surface area contributed by atoms with Gasteiger partial charge in [0.2, 0.25) is 0 Å². The van der Waals surface area contributed by atoms with Crippen molar-refractivity contribution in [2.45, 2.75) is 19.3 Å². The Morgan fingerprint density at radius 3 is 0.943 bits per heavy atom. The maximum atomic E-state index is 2.41. The average Bonchev–Trinajstić information content (AvgIpc) is 3.45. The van der Waals surface area contributed by atoms with Crippen LogP contribution in [0.25, 0.3) is 33.4 Å². The second-order valence-electron chi connectivity index (χ2n) is 14.3. The lowest BCUT2D eigenvalue weighted by Gasteiger charge is -2.29. The van der Waals surface area contributed by atoms with Gasteiger partial charge in [-0.05, 0) is 117 Å². The van der Waals surface area contributed by atoms with Crippen LogP contribution < -0.4 is 9.80 Å². The largest absolute Gasteiger partial charge is 0.310 e. The average molecular weight is 681 g/mol. The summed E-state index contributed by atoms with van der Waals surface area (Å²) in [5.74, 6) is 0. The Morgan fingerprint density at radius 1 is 0.283 bits per heavy atom. The fourth-order valence-electron chi connectivity index (χ4n) is 7.91. The van der Waals surface area contributed by atoms with Crippen molar-refractivity contribution in [2.24, 2.45) is 0 Å². The standard InChI is InChI=1S/C51H40N2/c1-51(2)49-35-45(52(41-17-9-4-10-18-41)42-19-11-5-12-20-42)31-33-47(49)48-34-32-46(36-50(48)51)53(43-21-13-6-14-22-43)44-29-27-40(28-30-44)39-25-23-38(24-26-39)37-15-7-3-8-16-37/h3-36H,1-2H3. The van der Waals surface area contributed by atoms with Crippen molar-refractivity contribution in [3.05, 3.63) is 217 Å². The molecule has 53 heavy (non-hydrogen) atoms. The van der Waals surface area contributed by atoms with Crippen LogP contribution in [0.4, 0.5) is 34.1 Å². The highest BCUT2D eigenvalue weighted by atomic mass is 15.1. The summed E-state index contributed by atoms with van der Waals surface area (Å²) < 4.78 is 0. The minimum atomic E-state index is -0.201. The quantitative estimate of drug-likeness (QED) is 0.158. The van der Waals surface area contributed by atoms with Crippen LogP contribution in [0.1, 0.15) is 25.0 Å². The number of rotatable bonds is 8. The normalized spacial score (nSPS) is 12.5. The van der Waals surface area contributed by atoms with Crippen molar-refractivity contribution in [1.29, 1.82) is 0 Å². The SMILES string of the molecule is CC1(C)c2cc(N(c3ccccc3)c3ccccc3)ccc2-c2ccc(N(c3ccccc3)c3ccc(-c4ccc(-c5ccccc5)cc4)cc3)cc21. The first-order valence-corrected chi connectivity index (χ1v) is 18.4. The number of benzene rings is 8. The third-order valence-corrected chi connectivity index (χ3v) is 10.7. The molecular formula is C51H40N2. The van der Waals surface area contributed by atoms with Gasteiger partial charge in [-0.2, -0.15) is 0 Å². The molecule has 0 saturated carbocycles. The second kappa shape index (κ2) is 13.5. The van der Waals surface area contributed by atoms with Gasteiger partial charge in [-0.1, -0.05) is 147 Å². The first-order valence-electron chi connectivity index (χ1n) is 18.4. The molecule has 8 aromatic rings. The Bertz CT molecular complexity index is 2450. The first-order chi connectivity index (χ1) is 26.0. The van der Waals surface area contributed by atoms with Crippen molar-refractivity contribution in [3.8, 4) is 33.4 Å². The molecule has 0 aromatic heterocycles. The molecule has 0 atom stereocenters. The van der Waals surface area contributed by atoms with Gasteiger partial charge in [0, 0.05) is 39.5 Å². The zero-order valence-electron chi connectivity index (χ0n) is 30.0. The van der Waals surface area contributed by atoms with Gasteiger partial charge in [-0.25, -0.2) is 0 Å². The monoisotopic (exact) mass is 680 g/mol. The number of para-hydroxylation sites is 3. The van der Waals surface area contributed by atoms with Gasteiger partial charge in [-0.15, -0.1) is 0 Å². The molecule has 0 spiro atoms. The number of anilines is 6. The summed E-state index contributed by atoms with van der Waals surface area (Å²) in [4.78, 5) is 4.73. The number of hydrogen-bond acceptors (Lipinski definition) is 2. The van der Waals surface area contributed by atoms with Crippen LogP contribution >= 0.6 is 0 Å². The molecule has 8 aromatic carbocycles. The zero-order chi connectivity index (χ0) is 35.8. The van der Waals surface area contributed by atoms with E-state index in [0.717, 1.165) is 34.1 Å². The Labute approximate surface area is 312 Å². The third kappa shape index (κ3) is 5.99. The molecule has 0 heterocycles. The molecule has 0 N–H and O–H groups in total. The van der Waals surface area contributed by atoms with Crippen LogP contribution in [0.2, 0.25) is 0 Å². The molecule has 254 valence electrons. The Balaban J connectivity index is 1.07. The van der Waals surface area contributed by atoms with E-state index in [4.69, 9.17) is 0 Å². The summed E-state index contributed by atoms with van der Waals surface area (Å²) in [5.41, 5.74) is 16.8. The van der Waals surface area contributed by atoms with E-state index >= 15 is 0 Å². The minimum Gasteiger partial charge on any atom is -0.310 e. The molecule has 0 radical (unpaired) electrons. The second-order valence-corrected chi connectivity index (χ2v) is 14.3. The summed E-state index contributed by atoms with van der Waals surface area (Å²) >= 11 is 0. The predicted molar refractivity (Wildman–Crippen MR) is 224 cm³/mol. The Hall–Kier alpha value is -6.64. The van der Waals surface area contributed by atoms with E-state index in [1.54, 1.807) is 0 Å². The molecule has 0 aliphatic heterocycles. The lowest BCUT2D eigenvalue weighted by Crippen LogP contribution is -2.17. The minimum absolute atomic E-state index is 0.201. The molecule has 2 heteroatoms. The molecule has 9 rings (SSSR count). The number of fused-ring (bicyclic) bond motifs is 3. The van der Waals surface area contributed by atoms with E-state index < -0.39 is 0 Å². The summed E-state index contributed by atoms with van der Waals surface area (Å²) in [6.07, 6.45) is 0. The highest BCUT2D eigenvalue weighted by molar-refractivity contribution is 5.88. The highest BCUT2D eigenvalue weighted by Crippen LogP contribution is 2.52. The maximum Gasteiger partial charge on any atom is 0.0465 e. The van der Waals surface area contributed by atoms with Crippen molar-refractivity contribution in [1.82, 2.24) is 0 Å². The zero-order valence-corrected chi connectivity index (χ0v) is 30.0. The van der Waals surface area contributed by atoms with Gasteiger partial charge < -0.3 is 9.80 Å². The van der Waals surface area contributed by atoms with E-state index in [0.29, 0.717) is 0 Å². The van der Waals surface area contributed by atoms with Crippen LogP contribution in [0.5, 0.6) is 0 Å². The van der Waals surface area contributed by atoms with Crippen molar-refractivity contribution in [3.63, 3.8) is 0 Å². The first kappa shape index (κ1) is 32.3. The summed E-state index contributed by atoms with van der Waals surface area (Å²) in [5, 5.41) is 0. The van der Waals surface area contributed by atoms with E-state index in [-0.39, 0.29) is 5.41 Å². The van der Waals surface area contributed by atoms with Crippen LogP contribution in [-0.4, -0.2) is 0 Å². The lowest BCUT2D eigenvalue weighted by atomic mass is 9.82. The molecule has 0 saturated heterocycles. The molecule has 0 fully saturated rings. The number of hydrogen-bond donors (Lipinski definition) is 0. The van der Waals surface area contributed by atoms with Crippen LogP contribution in [0, 0.1) is 0 Å².